The van der Waals surface area contributed by atoms with Crippen LogP contribution in [-0.2, 0) is 0 Å². The van der Waals surface area contributed by atoms with Crippen LogP contribution in [0.1, 0.15) is 17.5 Å². The van der Waals surface area contributed by atoms with E-state index >= 15 is 0 Å². The smallest absolute Gasteiger partial charge is 0.0356 e. The van der Waals surface area contributed by atoms with Crippen LogP contribution in [-0.4, -0.2) is 54.6 Å². The SMILES string of the molecule is C=C(/C(=C(/CCN1CCN(C)CC1)NN)c1ccncc1)c1ccc(S)cc1. The van der Waals surface area contributed by atoms with E-state index in [1.165, 1.54) is 0 Å². The predicted molar refractivity (Wildman–Crippen MR) is 120 cm³/mol. The summed E-state index contributed by atoms with van der Waals surface area (Å²) in [6.07, 6.45) is 4.43. The second-order valence-corrected chi connectivity index (χ2v) is 7.67. The molecule has 0 unspecified atom stereocenters. The number of aromatic nitrogens is 1. The molecule has 2 heterocycles. The lowest BCUT2D eigenvalue weighted by Gasteiger charge is -2.32. The fraction of sp³-hybridized carbons (Fsp3) is 0.318. The largest absolute Gasteiger partial charge is 0.328 e. The van der Waals surface area contributed by atoms with Crippen LogP contribution in [0.15, 0.2) is 66.0 Å². The third kappa shape index (κ3) is 5.23. The predicted octanol–water partition coefficient (Wildman–Crippen LogP) is 2.90. The Morgan fingerprint density at radius 3 is 2.32 bits per heavy atom. The summed E-state index contributed by atoms with van der Waals surface area (Å²) in [5.41, 5.74) is 8.03. The number of nitrogens with one attached hydrogen (secondary N) is 1. The molecule has 0 saturated carbocycles. The molecule has 148 valence electrons. The number of likely N-dealkylation sites (N-methyl/N-ethyl adjacent to an activating group) is 1. The molecule has 6 heteroatoms. The van der Waals surface area contributed by atoms with E-state index in [4.69, 9.17) is 5.84 Å². The first-order valence-corrected chi connectivity index (χ1v) is 10.0. The Hall–Kier alpha value is -2.12. The minimum absolute atomic E-state index is 0.835. The molecule has 0 spiro atoms. The number of hydrogen-bond donors (Lipinski definition) is 3. The molecule has 0 atom stereocenters. The Bertz CT molecular complexity index is 809. The zero-order valence-electron chi connectivity index (χ0n) is 16.4. The van der Waals surface area contributed by atoms with Crippen molar-refractivity contribution in [2.24, 2.45) is 5.84 Å². The molecule has 3 rings (SSSR count). The Morgan fingerprint density at radius 2 is 1.71 bits per heavy atom. The number of pyridine rings is 1. The van der Waals surface area contributed by atoms with E-state index in [1.807, 2.05) is 36.4 Å². The van der Waals surface area contributed by atoms with Gasteiger partial charge in [-0.15, -0.1) is 12.6 Å². The molecule has 3 N–H and O–H groups in total. The quantitative estimate of drug-likeness (QED) is 0.291. The van der Waals surface area contributed by atoms with Crippen LogP contribution in [0.3, 0.4) is 0 Å². The number of hydrogen-bond acceptors (Lipinski definition) is 6. The molecule has 5 nitrogen and oxygen atoms in total. The lowest BCUT2D eigenvalue weighted by molar-refractivity contribution is 0.155. The molecule has 0 amide bonds. The van der Waals surface area contributed by atoms with E-state index in [1.54, 1.807) is 12.4 Å². The Kier molecular flexibility index (Phi) is 7.28. The van der Waals surface area contributed by atoms with Gasteiger partial charge in [-0.05, 0) is 48.0 Å². The number of thiol groups is 1. The highest BCUT2D eigenvalue weighted by Gasteiger charge is 2.17. The van der Waals surface area contributed by atoms with Crippen LogP contribution in [0.4, 0.5) is 0 Å². The summed E-state index contributed by atoms with van der Waals surface area (Å²) in [7, 11) is 2.17. The van der Waals surface area contributed by atoms with Crippen LogP contribution in [0.5, 0.6) is 0 Å². The highest BCUT2D eigenvalue weighted by atomic mass is 32.1. The molecule has 1 aliphatic heterocycles. The van der Waals surface area contributed by atoms with E-state index in [0.717, 1.165) is 72.0 Å². The number of nitrogens with zero attached hydrogens (tertiary/aromatic N) is 3. The van der Waals surface area contributed by atoms with Gasteiger partial charge in [-0.2, -0.15) is 0 Å². The molecule has 1 aromatic carbocycles. The second kappa shape index (κ2) is 9.89. The molecule has 1 fully saturated rings. The molecule has 0 radical (unpaired) electrons. The molecular formula is C22H29N5S. The first-order valence-electron chi connectivity index (χ1n) is 9.58. The molecule has 2 aromatic rings. The lowest BCUT2D eigenvalue weighted by Crippen LogP contribution is -2.45. The molecule has 0 aliphatic carbocycles. The summed E-state index contributed by atoms with van der Waals surface area (Å²) in [6.45, 7) is 9.73. The maximum Gasteiger partial charge on any atom is 0.0356 e. The van der Waals surface area contributed by atoms with Gasteiger partial charge in [-0.3, -0.25) is 10.8 Å². The molecule has 1 aromatic heterocycles. The van der Waals surface area contributed by atoms with Gasteiger partial charge in [0.1, 0.15) is 0 Å². The summed E-state index contributed by atoms with van der Waals surface area (Å²) < 4.78 is 0. The van der Waals surface area contributed by atoms with Crippen molar-refractivity contribution in [3.63, 3.8) is 0 Å². The van der Waals surface area contributed by atoms with Gasteiger partial charge in [0.2, 0.25) is 0 Å². The third-order valence-electron chi connectivity index (χ3n) is 5.24. The second-order valence-electron chi connectivity index (χ2n) is 7.15. The van der Waals surface area contributed by atoms with Gasteiger partial charge in [0.25, 0.3) is 0 Å². The van der Waals surface area contributed by atoms with Crippen molar-refractivity contribution < 1.29 is 0 Å². The number of allylic oxidation sites excluding steroid dienone is 2. The van der Waals surface area contributed by atoms with E-state index in [0.29, 0.717) is 0 Å². The maximum atomic E-state index is 5.99. The Balaban J connectivity index is 1.89. The number of nitrogens with two attached hydrogens (primary N) is 1. The van der Waals surface area contributed by atoms with Crippen molar-refractivity contribution in [1.82, 2.24) is 20.2 Å². The van der Waals surface area contributed by atoms with Gasteiger partial charge in [0.05, 0.1) is 0 Å². The maximum absolute atomic E-state index is 5.99. The van der Waals surface area contributed by atoms with Gasteiger partial charge in [-0.25, -0.2) is 0 Å². The van der Waals surface area contributed by atoms with E-state index in [9.17, 15) is 0 Å². The first kappa shape index (κ1) is 20.6. The van der Waals surface area contributed by atoms with Crippen molar-refractivity contribution >= 4 is 23.8 Å². The number of hydrazine groups is 1. The molecule has 1 saturated heterocycles. The zero-order chi connectivity index (χ0) is 19.9. The van der Waals surface area contributed by atoms with Crippen molar-refractivity contribution in [1.29, 1.82) is 0 Å². The normalized spacial score (nSPS) is 16.5. The minimum Gasteiger partial charge on any atom is -0.328 e. The van der Waals surface area contributed by atoms with Crippen molar-refractivity contribution in [3.05, 3.63) is 72.2 Å². The summed E-state index contributed by atoms with van der Waals surface area (Å²) >= 11 is 4.39. The standard InChI is InChI=1S/C22H29N5S/c1-17(18-3-5-20(28)6-4-18)22(19-7-10-24-11-8-19)21(25-23)9-12-27-15-13-26(2)14-16-27/h3-8,10-11,25,28H,1,9,12-16,23H2,2H3/b22-21+. The van der Waals surface area contributed by atoms with Crippen molar-refractivity contribution in [2.45, 2.75) is 11.3 Å². The average Bonchev–Trinajstić information content (AvgIpc) is 2.73. The number of rotatable bonds is 7. The van der Waals surface area contributed by atoms with Crippen LogP contribution in [0.2, 0.25) is 0 Å². The molecular weight excluding hydrogens is 366 g/mol. The van der Waals surface area contributed by atoms with Crippen molar-refractivity contribution in [2.75, 3.05) is 39.8 Å². The average molecular weight is 396 g/mol. The minimum atomic E-state index is 0.835. The van der Waals surface area contributed by atoms with Gasteiger partial charge in [-0.1, -0.05) is 18.7 Å². The van der Waals surface area contributed by atoms with Crippen molar-refractivity contribution in [3.8, 4) is 0 Å². The van der Waals surface area contributed by atoms with Gasteiger partial charge < -0.3 is 15.2 Å². The van der Waals surface area contributed by atoms with E-state index in [-0.39, 0.29) is 0 Å². The molecule has 0 bridgehead atoms. The summed E-state index contributed by atoms with van der Waals surface area (Å²) in [5, 5.41) is 0. The van der Waals surface area contributed by atoms with E-state index in [2.05, 4.69) is 46.5 Å². The summed E-state index contributed by atoms with van der Waals surface area (Å²) in [6, 6.07) is 12.0. The lowest BCUT2D eigenvalue weighted by atomic mass is 9.91. The monoisotopic (exact) mass is 395 g/mol. The summed E-state index contributed by atoms with van der Waals surface area (Å²) in [5.74, 6) is 5.99. The topological polar surface area (TPSA) is 57.4 Å². The summed E-state index contributed by atoms with van der Waals surface area (Å²) in [4.78, 5) is 9.94. The number of benzene rings is 1. The van der Waals surface area contributed by atoms with Gasteiger partial charge in [0.15, 0.2) is 0 Å². The first-order chi connectivity index (χ1) is 13.6. The zero-order valence-corrected chi connectivity index (χ0v) is 17.3. The van der Waals surface area contributed by atoms with Crippen LogP contribution in [0.25, 0.3) is 11.1 Å². The third-order valence-corrected chi connectivity index (χ3v) is 5.53. The fourth-order valence-corrected chi connectivity index (χ4v) is 3.62. The fourth-order valence-electron chi connectivity index (χ4n) is 3.47. The highest BCUT2D eigenvalue weighted by Crippen LogP contribution is 2.33. The van der Waals surface area contributed by atoms with Crippen LogP contribution >= 0.6 is 12.6 Å². The highest BCUT2D eigenvalue weighted by molar-refractivity contribution is 7.80. The Morgan fingerprint density at radius 1 is 1.07 bits per heavy atom. The van der Waals surface area contributed by atoms with Gasteiger partial charge >= 0.3 is 0 Å². The Labute approximate surface area is 173 Å². The van der Waals surface area contributed by atoms with E-state index < -0.39 is 0 Å². The number of piperazine rings is 1. The van der Waals surface area contributed by atoms with Crippen LogP contribution in [0, 0.1) is 0 Å². The van der Waals surface area contributed by atoms with Gasteiger partial charge in [0, 0.05) is 67.7 Å². The molecule has 1 aliphatic rings. The molecule has 28 heavy (non-hydrogen) atoms. The van der Waals surface area contributed by atoms with Crippen LogP contribution < -0.4 is 11.3 Å².